The summed E-state index contributed by atoms with van der Waals surface area (Å²) in [7, 11) is 0. The highest BCUT2D eigenvalue weighted by molar-refractivity contribution is 9.10. The van der Waals surface area contributed by atoms with E-state index >= 15 is 0 Å². The topological polar surface area (TPSA) is 38.3 Å². The minimum Gasteiger partial charge on any atom is -0.378 e. The number of hydrogen-bond acceptors (Lipinski definition) is 3. The Hall–Kier alpha value is -0.870. The van der Waals surface area contributed by atoms with Crippen molar-refractivity contribution in [2.24, 2.45) is 0 Å². The third kappa shape index (κ3) is 2.23. The number of fused-ring (bicyclic) bond motifs is 3. The maximum atomic E-state index is 11.2. The Labute approximate surface area is 134 Å². The van der Waals surface area contributed by atoms with Crippen molar-refractivity contribution in [2.75, 3.05) is 11.9 Å². The first-order chi connectivity index (χ1) is 10.2. The third-order valence-electron chi connectivity index (χ3n) is 5.16. The Balaban J connectivity index is 2.05. The van der Waals surface area contributed by atoms with Gasteiger partial charge in [0, 0.05) is 29.1 Å². The van der Waals surface area contributed by atoms with Crippen molar-refractivity contribution < 1.29 is 9.53 Å². The van der Waals surface area contributed by atoms with Gasteiger partial charge in [-0.1, -0.05) is 35.8 Å². The van der Waals surface area contributed by atoms with Crippen molar-refractivity contribution >= 4 is 27.9 Å². The van der Waals surface area contributed by atoms with E-state index in [2.05, 4.69) is 47.2 Å². The lowest BCUT2D eigenvalue weighted by molar-refractivity contribution is -0.125. The lowest BCUT2D eigenvalue weighted by Gasteiger charge is -2.44. The summed E-state index contributed by atoms with van der Waals surface area (Å²) in [6.45, 7) is 5.04. The van der Waals surface area contributed by atoms with Gasteiger partial charge >= 0.3 is 0 Å². The molecule has 4 heteroatoms. The number of benzene rings is 1. The maximum absolute atomic E-state index is 11.2. The summed E-state index contributed by atoms with van der Waals surface area (Å²) in [5.41, 5.74) is 3.63. The molecule has 3 atom stereocenters. The molecule has 3 rings (SSSR count). The molecule has 0 saturated carbocycles. The lowest BCUT2D eigenvalue weighted by Crippen LogP contribution is -2.53. The van der Waals surface area contributed by atoms with Gasteiger partial charge in [-0.25, -0.2) is 0 Å². The van der Waals surface area contributed by atoms with Crippen LogP contribution in [0.1, 0.15) is 50.2 Å². The second kappa shape index (κ2) is 5.73. The second-order valence-corrected chi connectivity index (χ2v) is 6.85. The van der Waals surface area contributed by atoms with Gasteiger partial charge in [0.25, 0.3) is 0 Å². The van der Waals surface area contributed by atoms with Crippen LogP contribution in [-0.2, 0) is 16.0 Å². The van der Waals surface area contributed by atoms with E-state index in [4.69, 9.17) is 4.74 Å². The molecule has 1 fully saturated rings. The van der Waals surface area contributed by atoms with Crippen LogP contribution in [0.5, 0.6) is 0 Å². The van der Waals surface area contributed by atoms with Crippen molar-refractivity contribution in [3.05, 3.63) is 27.7 Å². The maximum Gasteiger partial charge on any atom is 0.122 e. The van der Waals surface area contributed by atoms with Crippen LogP contribution in [0, 0.1) is 0 Å². The number of rotatable bonds is 4. The van der Waals surface area contributed by atoms with Crippen molar-refractivity contribution in [3.8, 4) is 0 Å². The Bertz CT molecular complexity index is 560. The van der Waals surface area contributed by atoms with E-state index in [1.165, 1.54) is 16.8 Å². The lowest BCUT2D eigenvalue weighted by atomic mass is 9.76. The minimum atomic E-state index is -0.360. The predicted octanol–water partition coefficient (Wildman–Crippen LogP) is 4.05. The summed E-state index contributed by atoms with van der Waals surface area (Å²) in [6.07, 6.45) is 4.35. The van der Waals surface area contributed by atoms with Gasteiger partial charge in [0.2, 0.25) is 0 Å². The molecule has 3 nitrogen and oxygen atoms in total. The molecule has 1 aromatic rings. The zero-order valence-corrected chi connectivity index (χ0v) is 14.2. The number of nitrogens with one attached hydrogen (secondary N) is 1. The molecule has 2 aliphatic rings. The number of carbonyl (C=O) groups is 1. The molecular weight excluding hydrogens is 330 g/mol. The normalized spacial score (nSPS) is 30.4. The van der Waals surface area contributed by atoms with Gasteiger partial charge in [-0.05, 0) is 36.5 Å². The van der Waals surface area contributed by atoms with Crippen LogP contribution in [0.2, 0.25) is 0 Å². The van der Waals surface area contributed by atoms with Gasteiger partial charge in [-0.15, -0.1) is 0 Å². The number of anilines is 1. The first kappa shape index (κ1) is 15.0. The van der Waals surface area contributed by atoms with E-state index in [9.17, 15) is 4.79 Å². The Kier molecular flexibility index (Phi) is 4.10. The van der Waals surface area contributed by atoms with Gasteiger partial charge in [0.05, 0.1) is 11.6 Å². The van der Waals surface area contributed by atoms with E-state index in [1.54, 1.807) is 0 Å². The fourth-order valence-electron chi connectivity index (χ4n) is 3.99. The highest BCUT2D eigenvalue weighted by atomic mass is 79.9. The van der Waals surface area contributed by atoms with Crippen LogP contribution in [0.3, 0.4) is 0 Å². The SMILES string of the molecule is CCc1c(Br)ccc2c1NC1C2CCOC1(CC)CC=O. The van der Waals surface area contributed by atoms with Crippen molar-refractivity contribution in [2.45, 2.75) is 57.1 Å². The van der Waals surface area contributed by atoms with E-state index < -0.39 is 0 Å². The van der Waals surface area contributed by atoms with E-state index in [-0.39, 0.29) is 11.6 Å². The summed E-state index contributed by atoms with van der Waals surface area (Å²) in [4.78, 5) is 11.2. The second-order valence-electron chi connectivity index (χ2n) is 6.00. The minimum absolute atomic E-state index is 0.205. The number of hydrogen-bond donors (Lipinski definition) is 1. The van der Waals surface area contributed by atoms with Crippen LogP contribution in [0.4, 0.5) is 5.69 Å². The number of halogens is 1. The molecule has 0 aliphatic carbocycles. The molecule has 21 heavy (non-hydrogen) atoms. The van der Waals surface area contributed by atoms with Gasteiger partial charge in [0.1, 0.15) is 6.29 Å². The Morgan fingerprint density at radius 2 is 2.29 bits per heavy atom. The molecule has 2 aliphatic heterocycles. The van der Waals surface area contributed by atoms with Crippen LogP contribution in [0.25, 0.3) is 0 Å². The van der Waals surface area contributed by atoms with Crippen LogP contribution in [0.15, 0.2) is 16.6 Å². The van der Waals surface area contributed by atoms with Crippen LogP contribution < -0.4 is 5.32 Å². The average Bonchev–Trinajstić information content (AvgIpc) is 2.87. The van der Waals surface area contributed by atoms with Gasteiger partial charge in [-0.2, -0.15) is 0 Å². The summed E-state index contributed by atoms with van der Waals surface area (Å²) in [6, 6.07) is 4.59. The molecule has 1 saturated heterocycles. The first-order valence-electron chi connectivity index (χ1n) is 7.82. The fraction of sp³-hybridized carbons (Fsp3) is 0.588. The van der Waals surface area contributed by atoms with Crippen LogP contribution >= 0.6 is 15.9 Å². The summed E-state index contributed by atoms with van der Waals surface area (Å²) in [5, 5.41) is 3.71. The standard InChI is InChI=1S/C17H22BrNO2/c1-3-11-14(18)6-5-12-13-7-10-21-17(4-2,8-9-20)16(13)19-15(11)12/h5-6,9,13,16,19H,3-4,7-8,10H2,1-2H3. The molecular formula is C17H22BrNO2. The molecule has 2 heterocycles. The quantitative estimate of drug-likeness (QED) is 0.831. The summed E-state index contributed by atoms with van der Waals surface area (Å²) in [5.74, 6) is 0.451. The fourth-order valence-corrected chi connectivity index (χ4v) is 4.60. The highest BCUT2D eigenvalue weighted by Gasteiger charge is 2.50. The van der Waals surface area contributed by atoms with E-state index in [0.717, 1.165) is 36.6 Å². The largest absolute Gasteiger partial charge is 0.378 e. The molecule has 114 valence electrons. The molecule has 1 aromatic carbocycles. The summed E-state index contributed by atoms with van der Waals surface area (Å²) < 4.78 is 7.26. The van der Waals surface area contributed by atoms with Crippen molar-refractivity contribution in [1.29, 1.82) is 0 Å². The number of aldehydes is 1. The first-order valence-corrected chi connectivity index (χ1v) is 8.61. The Morgan fingerprint density at radius 1 is 1.48 bits per heavy atom. The molecule has 0 bridgehead atoms. The smallest absolute Gasteiger partial charge is 0.122 e. The molecule has 3 unspecified atom stereocenters. The van der Waals surface area contributed by atoms with E-state index in [0.29, 0.717) is 12.3 Å². The molecule has 0 amide bonds. The molecule has 1 N–H and O–H groups in total. The Morgan fingerprint density at radius 3 is 2.95 bits per heavy atom. The number of ether oxygens (including phenoxy) is 1. The predicted molar refractivity (Wildman–Crippen MR) is 87.9 cm³/mol. The number of carbonyl (C=O) groups excluding carboxylic acids is 1. The van der Waals surface area contributed by atoms with Gasteiger partial charge in [-0.3, -0.25) is 0 Å². The molecule has 0 spiro atoms. The van der Waals surface area contributed by atoms with Crippen LogP contribution in [-0.4, -0.2) is 24.5 Å². The molecule has 0 aromatic heterocycles. The zero-order chi connectivity index (χ0) is 15.0. The average molecular weight is 352 g/mol. The third-order valence-corrected chi connectivity index (χ3v) is 5.90. The zero-order valence-electron chi connectivity index (χ0n) is 12.6. The molecule has 0 radical (unpaired) electrons. The van der Waals surface area contributed by atoms with E-state index in [1.807, 2.05) is 0 Å². The van der Waals surface area contributed by atoms with Crippen molar-refractivity contribution in [1.82, 2.24) is 0 Å². The van der Waals surface area contributed by atoms with Crippen molar-refractivity contribution in [3.63, 3.8) is 0 Å². The highest BCUT2D eigenvalue weighted by Crippen LogP contribution is 2.50. The van der Waals surface area contributed by atoms with Gasteiger partial charge < -0.3 is 14.8 Å². The van der Waals surface area contributed by atoms with Gasteiger partial charge in [0.15, 0.2) is 0 Å². The summed E-state index contributed by atoms with van der Waals surface area (Å²) >= 11 is 3.66. The monoisotopic (exact) mass is 351 g/mol.